The third-order valence-electron chi connectivity index (χ3n) is 4.97. The minimum absolute atomic E-state index is 0.0454. The van der Waals surface area contributed by atoms with Crippen LogP contribution < -0.4 is 10.6 Å². The summed E-state index contributed by atoms with van der Waals surface area (Å²) in [5.74, 6) is -0.293. The largest absolute Gasteiger partial charge is 0.416 e. The third-order valence-corrected chi connectivity index (χ3v) is 5.28. The minimum atomic E-state index is -4.48. The fourth-order valence-corrected chi connectivity index (χ4v) is 3.50. The number of nitrogens with one attached hydrogen (secondary N) is 2. The number of likely N-dealkylation sites (N-methyl/N-ethyl adjacent to an activating group) is 1. The van der Waals surface area contributed by atoms with Gasteiger partial charge in [0, 0.05) is 32.7 Å². The van der Waals surface area contributed by atoms with Crippen molar-refractivity contribution in [3.63, 3.8) is 0 Å². The molecule has 168 valence electrons. The zero-order chi connectivity index (χ0) is 22.5. The number of hydrogen-bond acceptors (Lipinski definition) is 4. The Labute approximate surface area is 179 Å². The van der Waals surface area contributed by atoms with Gasteiger partial charge in [0.1, 0.15) is 6.04 Å². The topological polar surface area (TPSA) is 64.7 Å². The Morgan fingerprint density at radius 2 is 1.80 bits per heavy atom. The average Bonchev–Trinajstić information content (AvgIpc) is 2.66. The maximum Gasteiger partial charge on any atom is 0.416 e. The Bertz CT molecular complexity index is 750. The molecule has 30 heavy (non-hydrogen) atoms. The number of nitrogens with zero attached hydrogens (tertiary/aromatic N) is 2. The van der Waals surface area contributed by atoms with Gasteiger partial charge in [-0.1, -0.05) is 25.4 Å². The van der Waals surface area contributed by atoms with Crippen molar-refractivity contribution >= 4 is 29.1 Å². The Balaban J connectivity index is 2.02. The first-order chi connectivity index (χ1) is 14.0. The van der Waals surface area contributed by atoms with Crippen LogP contribution in [-0.2, 0) is 15.8 Å². The van der Waals surface area contributed by atoms with Crippen LogP contribution in [0.2, 0.25) is 5.02 Å². The average molecular weight is 449 g/mol. The first-order valence-electron chi connectivity index (χ1n) is 9.94. The molecule has 2 N–H and O–H groups in total. The lowest BCUT2D eigenvalue weighted by Gasteiger charge is -2.37. The monoisotopic (exact) mass is 448 g/mol. The van der Waals surface area contributed by atoms with Crippen molar-refractivity contribution in [3.05, 3.63) is 28.8 Å². The Morgan fingerprint density at radius 1 is 1.17 bits per heavy atom. The summed E-state index contributed by atoms with van der Waals surface area (Å²) in [6.07, 6.45) is -4.48. The molecule has 1 saturated heterocycles. The zero-order valence-corrected chi connectivity index (χ0v) is 18.1. The van der Waals surface area contributed by atoms with Crippen molar-refractivity contribution in [2.75, 3.05) is 44.6 Å². The lowest BCUT2D eigenvalue weighted by Crippen LogP contribution is -2.55. The number of hydrogen-bond donors (Lipinski definition) is 2. The maximum absolute atomic E-state index is 13.1. The van der Waals surface area contributed by atoms with Crippen LogP contribution in [0, 0.1) is 5.92 Å². The summed E-state index contributed by atoms with van der Waals surface area (Å²) in [6.45, 7) is 8.56. The maximum atomic E-state index is 13.1. The van der Waals surface area contributed by atoms with Gasteiger partial charge < -0.3 is 15.5 Å². The van der Waals surface area contributed by atoms with E-state index in [0.29, 0.717) is 39.3 Å². The van der Waals surface area contributed by atoms with E-state index < -0.39 is 17.8 Å². The van der Waals surface area contributed by atoms with Gasteiger partial charge in [0.2, 0.25) is 11.8 Å². The predicted octanol–water partition coefficient (Wildman–Crippen LogP) is 3.08. The molecule has 1 fully saturated rings. The SMILES string of the molecule is CCNC(=O)CN1CCN(C(=O)[C@@H](Nc2ccc(C(F)(F)F)cc2Cl)C(C)C)CC1. The smallest absolute Gasteiger partial charge is 0.372 e. The van der Waals surface area contributed by atoms with E-state index in [0.717, 1.165) is 12.1 Å². The molecule has 0 aliphatic carbocycles. The number of alkyl halides is 3. The van der Waals surface area contributed by atoms with Crippen LogP contribution in [0.1, 0.15) is 26.3 Å². The van der Waals surface area contributed by atoms with Crippen molar-refractivity contribution < 1.29 is 22.8 Å². The lowest BCUT2D eigenvalue weighted by atomic mass is 10.0. The molecule has 0 spiro atoms. The second-order valence-corrected chi connectivity index (χ2v) is 8.02. The molecule has 2 amide bonds. The van der Waals surface area contributed by atoms with Gasteiger partial charge in [-0.05, 0) is 31.0 Å². The molecule has 0 radical (unpaired) electrons. The fraction of sp³-hybridized carbons (Fsp3) is 0.600. The van der Waals surface area contributed by atoms with E-state index in [2.05, 4.69) is 10.6 Å². The summed E-state index contributed by atoms with van der Waals surface area (Å²) in [4.78, 5) is 28.5. The Morgan fingerprint density at radius 3 is 2.30 bits per heavy atom. The number of benzene rings is 1. The highest BCUT2D eigenvalue weighted by atomic mass is 35.5. The molecule has 1 heterocycles. The summed E-state index contributed by atoms with van der Waals surface area (Å²) >= 11 is 6.04. The summed E-state index contributed by atoms with van der Waals surface area (Å²) in [6, 6.07) is 2.41. The standard InChI is InChI=1S/C20H28ClF3N4O2/c1-4-25-17(29)12-27-7-9-28(10-8-27)19(30)18(13(2)3)26-16-6-5-14(11-15(16)21)20(22,23)24/h5-6,11,13,18,26H,4,7-10,12H2,1-3H3,(H,25,29)/t18-/m0/s1. The number of carbonyl (C=O) groups excluding carboxylic acids is 2. The molecular formula is C20H28ClF3N4O2. The zero-order valence-electron chi connectivity index (χ0n) is 17.4. The van der Waals surface area contributed by atoms with Crippen molar-refractivity contribution in [1.82, 2.24) is 15.1 Å². The van der Waals surface area contributed by atoms with Gasteiger partial charge in [0.25, 0.3) is 0 Å². The third kappa shape index (κ3) is 6.50. The number of anilines is 1. The van der Waals surface area contributed by atoms with E-state index in [4.69, 9.17) is 11.6 Å². The van der Waals surface area contributed by atoms with Crippen LogP contribution in [0.15, 0.2) is 18.2 Å². The lowest BCUT2D eigenvalue weighted by molar-refractivity contribution is -0.138. The van der Waals surface area contributed by atoms with Gasteiger partial charge in [-0.2, -0.15) is 13.2 Å². The number of carbonyl (C=O) groups is 2. The molecular weight excluding hydrogens is 421 g/mol. The Hall–Kier alpha value is -2.00. The van der Waals surface area contributed by atoms with Crippen LogP contribution in [0.5, 0.6) is 0 Å². The van der Waals surface area contributed by atoms with E-state index >= 15 is 0 Å². The molecule has 1 atom stereocenters. The molecule has 0 aromatic heterocycles. The van der Waals surface area contributed by atoms with Crippen LogP contribution in [0.4, 0.5) is 18.9 Å². The molecule has 0 bridgehead atoms. The number of piperazine rings is 1. The summed E-state index contributed by atoms with van der Waals surface area (Å²) in [5, 5.41) is 5.68. The summed E-state index contributed by atoms with van der Waals surface area (Å²) in [5.41, 5.74) is -0.555. The van der Waals surface area contributed by atoms with Crippen LogP contribution in [-0.4, -0.2) is 66.9 Å². The van der Waals surface area contributed by atoms with Crippen LogP contribution in [0.25, 0.3) is 0 Å². The molecule has 1 aromatic carbocycles. The van der Waals surface area contributed by atoms with Gasteiger partial charge >= 0.3 is 6.18 Å². The summed E-state index contributed by atoms with van der Waals surface area (Å²) in [7, 11) is 0. The van der Waals surface area contributed by atoms with Gasteiger partial charge in [-0.15, -0.1) is 0 Å². The summed E-state index contributed by atoms with van der Waals surface area (Å²) < 4.78 is 38.5. The second kappa shape index (κ2) is 10.3. The minimum Gasteiger partial charge on any atom is -0.372 e. The quantitative estimate of drug-likeness (QED) is 0.673. The Kier molecular flexibility index (Phi) is 8.37. The number of amides is 2. The van der Waals surface area contributed by atoms with Crippen molar-refractivity contribution in [3.8, 4) is 0 Å². The highest BCUT2D eigenvalue weighted by Crippen LogP contribution is 2.34. The highest BCUT2D eigenvalue weighted by Gasteiger charge is 2.33. The van der Waals surface area contributed by atoms with Crippen molar-refractivity contribution in [1.29, 1.82) is 0 Å². The first kappa shape index (κ1) is 24.3. The molecule has 0 unspecified atom stereocenters. The van der Waals surface area contributed by atoms with Gasteiger partial charge in [0.05, 0.1) is 22.8 Å². The van der Waals surface area contributed by atoms with E-state index in [1.165, 1.54) is 6.07 Å². The molecule has 1 aromatic rings. The molecule has 6 nitrogen and oxygen atoms in total. The molecule has 0 saturated carbocycles. The van der Waals surface area contributed by atoms with Gasteiger partial charge in [-0.25, -0.2) is 0 Å². The molecule has 1 aliphatic heterocycles. The van der Waals surface area contributed by atoms with E-state index in [1.807, 2.05) is 25.7 Å². The normalized spacial score (nSPS) is 16.5. The van der Waals surface area contributed by atoms with Crippen molar-refractivity contribution in [2.24, 2.45) is 5.92 Å². The number of rotatable bonds is 7. The molecule has 2 rings (SSSR count). The second-order valence-electron chi connectivity index (χ2n) is 7.61. The predicted molar refractivity (Wildman–Crippen MR) is 110 cm³/mol. The van der Waals surface area contributed by atoms with E-state index in [-0.39, 0.29) is 28.4 Å². The van der Waals surface area contributed by atoms with Crippen LogP contribution >= 0.6 is 11.6 Å². The van der Waals surface area contributed by atoms with Crippen molar-refractivity contribution in [2.45, 2.75) is 33.0 Å². The van der Waals surface area contributed by atoms with Crippen LogP contribution in [0.3, 0.4) is 0 Å². The van der Waals surface area contributed by atoms with Gasteiger partial charge in [-0.3, -0.25) is 14.5 Å². The highest BCUT2D eigenvalue weighted by molar-refractivity contribution is 6.33. The fourth-order valence-electron chi connectivity index (χ4n) is 3.27. The molecule has 10 heteroatoms. The van der Waals surface area contributed by atoms with Gasteiger partial charge in [0.15, 0.2) is 0 Å². The first-order valence-corrected chi connectivity index (χ1v) is 10.3. The van der Waals surface area contributed by atoms with E-state index in [1.54, 1.807) is 4.90 Å². The number of halogens is 4. The molecule has 1 aliphatic rings. The van der Waals surface area contributed by atoms with E-state index in [9.17, 15) is 22.8 Å².